The van der Waals surface area contributed by atoms with Gasteiger partial charge < -0.3 is 15.8 Å². The number of halogens is 1. The van der Waals surface area contributed by atoms with Crippen molar-refractivity contribution in [3.05, 3.63) is 27.7 Å². The zero-order valence-corrected chi connectivity index (χ0v) is 9.94. The van der Waals surface area contributed by atoms with Gasteiger partial charge in [0.1, 0.15) is 6.61 Å². The number of hydrogen-bond acceptors (Lipinski definition) is 3. The Morgan fingerprint density at radius 1 is 1.60 bits per heavy atom. The molecule has 15 heavy (non-hydrogen) atoms. The van der Waals surface area contributed by atoms with Gasteiger partial charge in [0.05, 0.1) is 11.3 Å². The van der Waals surface area contributed by atoms with Crippen molar-refractivity contribution in [3.8, 4) is 0 Å². The van der Waals surface area contributed by atoms with Crippen LogP contribution in [0.1, 0.15) is 15.9 Å². The predicted molar refractivity (Wildman–Crippen MR) is 63.7 cm³/mol. The molecule has 6 heteroatoms. The van der Waals surface area contributed by atoms with E-state index in [4.69, 9.17) is 22.7 Å². The Balaban J connectivity index is 2.56. The standard InChI is InChI=1S/C9H7BrN2O2S/c10-5-2-1-4-3-14-8(13)6(4)7(5)12-9(11)15/h1-2H,3H2,(H3,11,12,15). The van der Waals surface area contributed by atoms with Crippen molar-refractivity contribution in [2.75, 3.05) is 5.32 Å². The molecule has 2 rings (SSSR count). The highest BCUT2D eigenvalue weighted by Gasteiger charge is 2.26. The molecule has 0 aromatic heterocycles. The normalized spacial score (nSPS) is 13.3. The molecule has 3 N–H and O–H groups in total. The molecule has 4 nitrogen and oxygen atoms in total. The van der Waals surface area contributed by atoms with Crippen LogP contribution < -0.4 is 11.1 Å². The Morgan fingerprint density at radius 3 is 3.00 bits per heavy atom. The van der Waals surface area contributed by atoms with Gasteiger partial charge in [-0.3, -0.25) is 0 Å². The fourth-order valence-electron chi connectivity index (χ4n) is 1.43. The number of thiocarbonyl (C=S) groups is 1. The number of anilines is 1. The summed E-state index contributed by atoms with van der Waals surface area (Å²) in [6.07, 6.45) is 0. The summed E-state index contributed by atoms with van der Waals surface area (Å²) < 4.78 is 5.65. The van der Waals surface area contributed by atoms with Gasteiger partial charge >= 0.3 is 5.97 Å². The Labute approximate surface area is 99.9 Å². The van der Waals surface area contributed by atoms with E-state index in [-0.39, 0.29) is 11.1 Å². The van der Waals surface area contributed by atoms with Crippen LogP contribution in [0.3, 0.4) is 0 Å². The van der Waals surface area contributed by atoms with E-state index in [9.17, 15) is 4.79 Å². The van der Waals surface area contributed by atoms with Crippen LogP contribution in [0.2, 0.25) is 0 Å². The van der Waals surface area contributed by atoms with E-state index in [0.29, 0.717) is 17.9 Å². The second-order valence-electron chi connectivity index (χ2n) is 3.02. The molecule has 0 aliphatic carbocycles. The second-order valence-corrected chi connectivity index (χ2v) is 4.32. The molecule has 0 saturated heterocycles. The van der Waals surface area contributed by atoms with Crippen LogP contribution >= 0.6 is 28.1 Å². The maximum Gasteiger partial charge on any atom is 0.341 e. The maximum absolute atomic E-state index is 11.5. The summed E-state index contributed by atoms with van der Waals surface area (Å²) in [6, 6.07) is 3.65. The predicted octanol–water partition coefficient (Wildman–Crippen LogP) is 1.77. The van der Waals surface area contributed by atoms with Gasteiger partial charge in [0.2, 0.25) is 0 Å². The summed E-state index contributed by atoms with van der Waals surface area (Å²) in [4.78, 5) is 11.5. The zero-order chi connectivity index (χ0) is 11.0. The highest BCUT2D eigenvalue weighted by molar-refractivity contribution is 9.10. The summed E-state index contributed by atoms with van der Waals surface area (Å²) in [5, 5.41) is 2.88. The fraction of sp³-hybridized carbons (Fsp3) is 0.111. The lowest BCUT2D eigenvalue weighted by Crippen LogP contribution is -2.20. The number of carbonyl (C=O) groups excluding carboxylic acids is 1. The molecule has 1 aliphatic rings. The maximum atomic E-state index is 11.5. The molecule has 0 unspecified atom stereocenters. The van der Waals surface area contributed by atoms with Crippen LogP contribution in [0.5, 0.6) is 0 Å². The first kappa shape index (κ1) is 10.4. The van der Waals surface area contributed by atoms with E-state index in [1.807, 2.05) is 12.1 Å². The number of fused-ring (bicyclic) bond motifs is 1. The Hall–Kier alpha value is -1.14. The topological polar surface area (TPSA) is 64.3 Å². The lowest BCUT2D eigenvalue weighted by Gasteiger charge is -2.09. The molecule has 0 bridgehead atoms. The van der Waals surface area contributed by atoms with Gasteiger partial charge in [-0.1, -0.05) is 6.07 Å². The third-order valence-electron chi connectivity index (χ3n) is 2.05. The molecule has 1 aromatic carbocycles. The van der Waals surface area contributed by atoms with Gasteiger partial charge in [0, 0.05) is 10.0 Å². The summed E-state index contributed by atoms with van der Waals surface area (Å²) in [5.41, 5.74) is 7.28. The van der Waals surface area contributed by atoms with Gasteiger partial charge in [-0.05, 0) is 34.2 Å². The van der Waals surface area contributed by atoms with Crippen LogP contribution in [-0.2, 0) is 11.3 Å². The second kappa shape index (κ2) is 3.79. The van der Waals surface area contributed by atoms with E-state index in [2.05, 4.69) is 21.2 Å². The molecule has 0 fully saturated rings. The monoisotopic (exact) mass is 286 g/mol. The van der Waals surface area contributed by atoms with E-state index in [1.54, 1.807) is 0 Å². The molecule has 1 aromatic rings. The van der Waals surface area contributed by atoms with Crippen molar-refractivity contribution in [3.63, 3.8) is 0 Å². The first-order valence-corrected chi connectivity index (χ1v) is 5.34. The number of hydrogen-bond donors (Lipinski definition) is 2. The van der Waals surface area contributed by atoms with Crippen LogP contribution in [0, 0.1) is 0 Å². The molecule has 0 amide bonds. The number of benzene rings is 1. The lowest BCUT2D eigenvalue weighted by molar-refractivity contribution is 0.0536. The van der Waals surface area contributed by atoms with E-state index in [0.717, 1.165) is 10.0 Å². The molecule has 78 valence electrons. The number of cyclic esters (lactones) is 1. The van der Waals surface area contributed by atoms with Crippen molar-refractivity contribution >= 4 is 44.9 Å². The summed E-state index contributed by atoms with van der Waals surface area (Å²) in [5.74, 6) is -0.356. The number of rotatable bonds is 1. The van der Waals surface area contributed by atoms with Gasteiger partial charge in [-0.2, -0.15) is 0 Å². The third kappa shape index (κ3) is 1.82. The highest BCUT2D eigenvalue weighted by Crippen LogP contribution is 2.33. The van der Waals surface area contributed by atoms with Gasteiger partial charge in [-0.15, -0.1) is 0 Å². The van der Waals surface area contributed by atoms with Crippen LogP contribution in [0.4, 0.5) is 5.69 Å². The molecule has 1 aliphatic heterocycles. The Kier molecular flexibility index (Phi) is 2.62. The number of carbonyl (C=O) groups is 1. The average Bonchev–Trinajstić information content (AvgIpc) is 2.52. The molecule has 0 saturated carbocycles. The molecular weight excluding hydrogens is 280 g/mol. The largest absolute Gasteiger partial charge is 0.457 e. The Bertz CT molecular complexity index is 462. The average molecular weight is 287 g/mol. The lowest BCUT2D eigenvalue weighted by atomic mass is 10.1. The molecule has 0 atom stereocenters. The molecule has 0 radical (unpaired) electrons. The highest BCUT2D eigenvalue weighted by atomic mass is 79.9. The first-order valence-electron chi connectivity index (χ1n) is 4.14. The van der Waals surface area contributed by atoms with Crippen LogP contribution in [0.15, 0.2) is 16.6 Å². The molecule has 0 spiro atoms. The van der Waals surface area contributed by atoms with E-state index < -0.39 is 0 Å². The minimum absolute atomic E-state index is 0.115. The number of esters is 1. The van der Waals surface area contributed by atoms with Gasteiger partial charge in [0.15, 0.2) is 5.11 Å². The minimum atomic E-state index is -0.356. The van der Waals surface area contributed by atoms with Gasteiger partial charge in [-0.25, -0.2) is 4.79 Å². The smallest absolute Gasteiger partial charge is 0.341 e. The van der Waals surface area contributed by atoms with Crippen molar-refractivity contribution in [1.82, 2.24) is 0 Å². The molecular formula is C9H7BrN2O2S. The SMILES string of the molecule is NC(=S)Nc1c(Br)ccc2c1C(=O)OC2. The molecule has 1 heterocycles. The summed E-state index contributed by atoms with van der Waals surface area (Å²) in [7, 11) is 0. The summed E-state index contributed by atoms with van der Waals surface area (Å²) in [6.45, 7) is 0.299. The summed E-state index contributed by atoms with van der Waals surface area (Å²) >= 11 is 8.06. The number of ether oxygens (including phenoxy) is 1. The third-order valence-corrected chi connectivity index (χ3v) is 2.81. The quantitative estimate of drug-likeness (QED) is 0.609. The van der Waals surface area contributed by atoms with Crippen molar-refractivity contribution < 1.29 is 9.53 Å². The van der Waals surface area contributed by atoms with E-state index in [1.165, 1.54) is 0 Å². The van der Waals surface area contributed by atoms with E-state index >= 15 is 0 Å². The van der Waals surface area contributed by atoms with Crippen LogP contribution in [0.25, 0.3) is 0 Å². The Morgan fingerprint density at radius 2 is 2.33 bits per heavy atom. The number of nitrogens with two attached hydrogens (primary N) is 1. The van der Waals surface area contributed by atoms with Crippen molar-refractivity contribution in [2.45, 2.75) is 6.61 Å². The van der Waals surface area contributed by atoms with Crippen molar-refractivity contribution in [1.29, 1.82) is 0 Å². The van der Waals surface area contributed by atoms with Crippen LogP contribution in [-0.4, -0.2) is 11.1 Å². The zero-order valence-electron chi connectivity index (χ0n) is 7.54. The minimum Gasteiger partial charge on any atom is -0.457 e. The van der Waals surface area contributed by atoms with Gasteiger partial charge in [0.25, 0.3) is 0 Å². The number of nitrogens with one attached hydrogen (secondary N) is 1. The first-order chi connectivity index (χ1) is 7.09. The fourth-order valence-corrected chi connectivity index (χ4v) is 1.97. The van der Waals surface area contributed by atoms with Crippen molar-refractivity contribution in [2.24, 2.45) is 5.73 Å².